The number of hydrogen-bond donors (Lipinski definition) is 0. The average Bonchev–Trinajstić information content (AvgIpc) is 2.25. The number of hydrogen-bond acceptors (Lipinski definition) is 2. The van der Waals surface area contributed by atoms with Crippen LogP contribution < -0.4 is 0 Å². The highest BCUT2D eigenvalue weighted by atomic mass is 16.7. The first kappa shape index (κ1) is 16.9. The molecule has 2 heteroatoms. The molecular formula is C15H31O2. The van der Waals surface area contributed by atoms with Gasteiger partial charge in [0.15, 0.2) is 6.29 Å². The third kappa shape index (κ3) is 9.61. The topological polar surface area (TPSA) is 18.5 Å². The van der Waals surface area contributed by atoms with Crippen LogP contribution in [0.4, 0.5) is 0 Å². The maximum absolute atomic E-state index is 5.83. The molecule has 0 heterocycles. The second-order valence-corrected chi connectivity index (χ2v) is 5.74. The fourth-order valence-electron chi connectivity index (χ4n) is 1.35. The Morgan fingerprint density at radius 1 is 0.824 bits per heavy atom. The van der Waals surface area contributed by atoms with Crippen LogP contribution in [0.15, 0.2) is 0 Å². The van der Waals surface area contributed by atoms with Crippen LogP contribution in [0.5, 0.6) is 0 Å². The highest BCUT2D eigenvalue weighted by Gasteiger charge is 2.17. The average molecular weight is 243 g/mol. The fraction of sp³-hybridized carbons (Fsp3) is 0.933. The maximum atomic E-state index is 5.83. The van der Waals surface area contributed by atoms with Gasteiger partial charge in [0.05, 0.1) is 0 Å². The first-order chi connectivity index (χ1) is 7.97. The van der Waals surface area contributed by atoms with Gasteiger partial charge in [0.1, 0.15) is 0 Å². The van der Waals surface area contributed by atoms with Crippen LogP contribution in [0.2, 0.25) is 0 Å². The predicted molar refractivity (Wildman–Crippen MR) is 73.7 cm³/mol. The van der Waals surface area contributed by atoms with Crippen molar-refractivity contribution in [2.45, 2.75) is 60.2 Å². The molecule has 2 nitrogen and oxygen atoms in total. The summed E-state index contributed by atoms with van der Waals surface area (Å²) in [6.07, 6.45) is 2.96. The van der Waals surface area contributed by atoms with Crippen LogP contribution in [0.1, 0.15) is 53.9 Å². The normalized spacial score (nSPS) is 13.9. The van der Waals surface area contributed by atoms with Crippen LogP contribution in [0, 0.1) is 24.7 Å². The standard InChI is InChI=1S/C15H31O2/c1-7-14(6)15(16-10-8-12(2)3)17-11-9-13(4)5/h12-15H,1,7-11H2,2-6H3. The van der Waals surface area contributed by atoms with Gasteiger partial charge in [-0.05, 0) is 31.1 Å². The summed E-state index contributed by atoms with van der Waals surface area (Å²) in [5.74, 6) is 1.73. The molecular weight excluding hydrogens is 212 g/mol. The molecule has 0 amide bonds. The van der Waals surface area contributed by atoms with E-state index in [1.807, 2.05) is 0 Å². The zero-order chi connectivity index (χ0) is 13.3. The second kappa shape index (κ2) is 9.90. The van der Waals surface area contributed by atoms with E-state index in [4.69, 9.17) is 9.47 Å². The molecule has 1 atom stereocenters. The van der Waals surface area contributed by atoms with Crippen LogP contribution >= 0.6 is 0 Å². The lowest BCUT2D eigenvalue weighted by atomic mass is 10.1. The third-order valence-electron chi connectivity index (χ3n) is 2.87. The van der Waals surface area contributed by atoms with Gasteiger partial charge in [0.2, 0.25) is 0 Å². The Labute approximate surface area is 108 Å². The Morgan fingerprint density at radius 3 is 1.53 bits per heavy atom. The molecule has 0 aromatic rings. The van der Waals surface area contributed by atoms with Gasteiger partial charge in [0, 0.05) is 19.1 Å². The Balaban J connectivity index is 3.88. The summed E-state index contributed by atoms with van der Waals surface area (Å²) in [4.78, 5) is 0. The molecule has 0 saturated carbocycles. The lowest BCUT2D eigenvalue weighted by Crippen LogP contribution is -2.26. The van der Waals surface area contributed by atoms with Gasteiger partial charge in [-0.3, -0.25) is 0 Å². The summed E-state index contributed by atoms with van der Waals surface area (Å²) in [7, 11) is 0. The van der Waals surface area contributed by atoms with E-state index < -0.39 is 0 Å². The van der Waals surface area contributed by atoms with Crippen LogP contribution in [0.25, 0.3) is 0 Å². The van der Waals surface area contributed by atoms with Gasteiger partial charge >= 0.3 is 0 Å². The molecule has 0 aromatic carbocycles. The summed E-state index contributed by atoms with van der Waals surface area (Å²) in [6, 6.07) is 0. The number of rotatable bonds is 10. The van der Waals surface area contributed by atoms with Gasteiger partial charge in [-0.25, -0.2) is 0 Å². The minimum Gasteiger partial charge on any atom is -0.352 e. The van der Waals surface area contributed by atoms with Crippen molar-refractivity contribution in [3.63, 3.8) is 0 Å². The summed E-state index contributed by atoms with van der Waals surface area (Å²) >= 11 is 0. The summed E-state index contributed by atoms with van der Waals surface area (Å²) in [5, 5.41) is 0. The molecule has 0 aliphatic rings. The van der Waals surface area contributed by atoms with Gasteiger partial charge in [-0.2, -0.15) is 0 Å². The Kier molecular flexibility index (Phi) is 9.85. The van der Waals surface area contributed by atoms with E-state index in [2.05, 4.69) is 41.5 Å². The Hall–Kier alpha value is -0.0800. The van der Waals surface area contributed by atoms with E-state index in [-0.39, 0.29) is 6.29 Å². The van der Waals surface area contributed by atoms with Gasteiger partial charge in [-0.1, -0.05) is 41.5 Å². The molecule has 0 bridgehead atoms. The predicted octanol–water partition coefficient (Wildman–Crippen LogP) is 4.30. The molecule has 0 fully saturated rings. The molecule has 0 aliphatic heterocycles. The fourth-order valence-corrected chi connectivity index (χ4v) is 1.35. The van der Waals surface area contributed by atoms with E-state index in [0.717, 1.165) is 32.5 Å². The minimum absolute atomic E-state index is 0.0787. The molecule has 1 unspecified atom stereocenters. The quantitative estimate of drug-likeness (QED) is 0.533. The first-order valence-corrected chi connectivity index (χ1v) is 6.99. The van der Waals surface area contributed by atoms with E-state index in [1.165, 1.54) is 0 Å². The monoisotopic (exact) mass is 243 g/mol. The van der Waals surface area contributed by atoms with E-state index in [0.29, 0.717) is 17.8 Å². The summed E-state index contributed by atoms with van der Waals surface area (Å²) in [6.45, 7) is 16.5. The molecule has 1 radical (unpaired) electrons. The smallest absolute Gasteiger partial charge is 0.160 e. The second-order valence-electron chi connectivity index (χ2n) is 5.74. The molecule has 17 heavy (non-hydrogen) atoms. The van der Waals surface area contributed by atoms with E-state index >= 15 is 0 Å². The van der Waals surface area contributed by atoms with Gasteiger partial charge in [0.25, 0.3) is 0 Å². The first-order valence-electron chi connectivity index (χ1n) is 6.99. The van der Waals surface area contributed by atoms with E-state index in [1.54, 1.807) is 0 Å². The van der Waals surface area contributed by atoms with Crippen molar-refractivity contribution >= 4 is 0 Å². The lowest BCUT2D eigenvalue weighted by molar-refractivity contribution is -0.171. The van der Waals surface area contributed by atoms with Crippen molar-refractivity contribution in [2.75, 3.05) is 13.2 Å². The minimum atomic E-state index is -0.0787. The highest BCUT2D eigenvalue weighted by molar-refractivity contribution is 4.60. The molecule has 0 aromatic heterocycles. The molecule has 0 aliphatic carbocycles. The van der Waals surface area contributed by atoms with Crippen molar-refractivity contribution in [1.82, 2.24) is 0 Å². The van der Waals surface area contributed by atoms with Gasteiger partial charge in [-0.15, -0.1) is 0 Å². The van der Waals surface area contributed by atoms with Crippen molar-refractivity contribution in [1.29, 1.82) is 0 Å². The number of ether oxygens (including phenoxy) is 2. The summed E-state index contributed by atoms with van der Waals surface area (Å²) in [5.41, 5.74) is 0. The van der Waals surface area contributed by atoms with Crippen molar-refractivity contribution < 1.29 is 9.47 Å². The Morgan fingerprint density at radius 2 is 1.24 bits per heavy atom. The van der Waals surface area contributed by atoms with E-state index in [9.17, 15) is 0 Å². The largest absolute Gasteiger partial charge is 0.352 e. The van der Waals surface area contributed by atoms with Crippen LogP contribution in [0.3, 0.4) is 0 Å². The Bertz CT molecular complexity index is 152. The zero-order valence-electron chi connectivity index (χ0n) is 12.4. The summed E-state index contributed by atoms with van der Waals surface area (Å²) < 4.78 is 11.7. The maximum Gasteiger partial charge on any atom is 0.160 e. The molecule has 0 N–H and O–H groups in total. The molecule has 0 spiro atoms. The zero-order valence-corrected chi connectivity index (χ0v) is 12.4. The SMILES string of the molecule is [CH2]CC(C)C(OCCC(C)C)OCCC(C)C. The molecule has 0 rings (SSSR count). The van der Waals surface area contributed by atoms with Crippen molar-refractivity contribution in [3.05, 3.63) is 6.92 Å². The third-order valence-corrected chi connectivity index (χ3v) is 2.87. The highest BCUT2D eigenvalue weighted by Crippen LogP contribution is 2.15. The lowest BCUT2D eigenvalue weighted by Gasteiger charge is -2.24. The van der Waals surface area contributed by atoms with Crippen molar-refractivity contribution in [2.24, 2.45) is 17.8 Å². The van der Waals surface area contributed by atoms with Crippen LogP contribution in [-0.4, -0.2) is 19.5 Å². The molecule has 0 saturated heterocycles. The molecule has 103 valence electrons. The van der Waals surface area contributed by atoms with Crippen LogP contribution in [-0.2, 0) is 9.47 Å². The van der Waals surface area contributed by atoms with Crippen molar-refractivity contribution in [3.8, 4) is 0 Å². The van der Waals surface area contributed by atoms with Gasteiger partial charge < -0.3 is 9.47 Å².